The summed E-state index contributed by atoms with van der Waals surface area (Å²) in [5.74, 6) is 0.938. The van der Waals surface area contributed by atoms with E-state index in [0.29, 0.717) is 13.0 Å². The molecule has 0 bridgehead atoms. The van der Waals surface area contributed by atoms with Crippen LogP contribution in [0.4, 0.5) is 0 Å². The minimum Gasteiger partial charge on any atom is -0.510 e. The molecule has 0 aromatic carbocycles. The number of rotatable bonds is 10. The summed E-state index contributed by atoms with van der Waals surface area (Å²) in [5.41, 5.74) is 0. The quantitative estimate of drug-likeness (QED) is 0.311. The van der Waals surface area contributed by atoms with E-state index in [4.69, 9.17) is 0 Å². The molecule has 0 aromatic rings. The Morgan fingerprint density at radius 1 is 1.08 bits per heavy atom. The van der Waals surface area contributed by atoms with E-state index in [-0.39, 0.29) is 29.2 Å². The maximum Gasteiger partial charge on any atom is 0.220 e. The molecule has 0 aliphatic heterocycles. The summed E-state index contributed by atoms with van der Waals surface area (Å²) in [6, 6.07) is 0. The van der Waals surface area contributed by atoms with Crippen LogP contribution in [0.15, 0.2) is 24.0 Å². The van der Waals surface area contributed by atoms with Gasteiger partial charge < -0.3 is 15.7 Å². The van der Waals surface area contributed by atoms with Gasteiger partial charge in [0.2, 0.25) is 11.8 Å². The number of carbonyl (C=O) groups excluding carboxylic acids is 3. The smallest absolute Gasteiger partial charge is 0.220 e. The highest BCUT2D eigenvalue weighted by molar-refractivity contribution is 8.13. The van der Waals surface area contributed by atoms with Gasteiger partial charge in [-0.25, -0.2) is 0 Å². The van der Waals surface area contributed by atoms with Crippen molar-refractivity contribution in [3.05, 3.63) is 24.0 Å². The maximum absolute atomic E-state index is 11.4. The van der Waals surface area contributed by atoms with Crippen molar-refractivity contribution in [3.8, 4) is 0 Å². The summed E-state index contributed by atoms with van der Waals surface area (Å²) in [5, 5.41) is 14.9. The van der Waals surface area contributed by atoms with E-state index in [1.165, 1.54) is 18.7 Å². The number of carbonyl (C=O) groups is 3. The Morgan fingerprint density at radius 3 is 2.24 bits per heavy atom. The van der Waals surface area contributed by atoms with Crippen LogP contribution in [-0.2, 0) is 14.4 Å². The highest BCUT2D eigenvalue weighted by Gasteiger charge is 2.01. The first kappa shape index (κ1) is 25.5. The van der Waals surface area contributed by atoms with Gasteiger partial charge in [0.05, 0.1) is 6.54 Å². The first-order valence-electron chi connectivity index (χ1n) is 8.48. The van der Waals surface area contributed by atoms with Crippen molar-refractivity contribution >= 4 is 28.7 Å². The molecule has 0 rings (SSSR count). The van der Waals surface area contributed by atoms with Gasteiger partial charge in [-0.3, -0.25) is 14.4 Å². The summed E-state index contributed by atoms with van der Waals surface area (Å²) >= 11 is 1.35. The second-order valence-electron chi connectivity index (χ2n) is 5.18. The minimum absolute atomic E-state index is 0.0267. The molecule has 0 aliphatic rings. The Labute approximate surface area is 155 Å². The third kappa shape index (κ3) is 24.6. The van der Waals surface area contributed by atoms with Gasteiger partial charge >= 0.3 is 0 Å². The molecule has 0 aliphatic carbocycles. The molecule has 25 heavy (non-hydrogen) atoms. The molecule has 144 valence electrons. The monoisotopic (exact) mass is 372 g/mol. The molecule has 0 fully saturated rings. The minimum atomic E-state index is -0.0695. The lowest BCUT2D eigenvalue weighted by atomic mass is 10.2. The number of hydrogen-bond donors (Lipinski definition) is 3. The molecule has 0 unspecified atom stereocenters. The zero-order valence-corrected chi connectivity index (χ0v) is 16.6. The summed E-state index contributed by atoms with van der Waals surface area (Å²) < 4.78 is 0. The fourth-order valence-electron chi connectivity index (χ4n) is 1.60. The van der Waals surface area contributed by atoms with Crippen molar-refractivity contribution in [1.29, 1.82) is 0 Å². The molecule has 0 atom stereocenters. The maximum atomic E-state index is 11.4. The van der Waals surface area contributed by atoms with Gasteiger partial charge in [-0.1, -0.05) is 37.3 Å². The number of nitrogens with one attached hydrogen (secondary N) is 2. The molecular weight excluding hydrogens is 340 g/mol. The molecule has 0 aromatic heterocycles. The number of unbranched alkanes of at least 4 members (excludes halogenated alkanes) is 2. The molecule has 0 saturated carbocycles. The average Bonchev–Trinajstić information content (AvgIpc) is 2.54. The molecular formula is C18H32N2O4S. The SMILES string of the molecule is C/C=C/C=C(\O)CNC(=O)CCCCCNC(C)=O.CCSC(C)=O. The van der Waals surface area contributed by atoms with Gasteiger partial charge in [0.25, 0.3) is 0 Å². The highest BCUT2D eigenvalue weighted by atomic mass is 32.2. The van der Waals surface area contributed by atoms with Crippen molar-refractivity contribution in [2.24, 2.45) is 0 Å². The summed E-state index contributed by atoms with van der Waals surface area (Å²) in [4.78, 5) is 32.0. The molecule has 0 spiro atoms. The predicted molar refractivity (Wildman–Crippen MR) is 105 cm³/mol. The van der Waals surface area contributed by atoms with Crippen LogP contribution in [0.3, 0.4) is 0 Å². The number of amides is 2. The normalized spacial score (nSPS) is 10.8. The Kier molecular flexibility index (Phi) is 18.9. The lowest BCUT2D eigenvalue weighted by Crippen LogP contribution is -2.25. The summed E-state index contributed by atoms with van der Waals surface area (Å²) in [6.07, 6.45) is 8.06. The van der Waals surface area contributed by atoms with Gasteiger partial charge in [-0.15, -0.1) is 0 Å². The fourth-order valence-corrected chi connectivity index (χ4v) is 2.01. The van der Waals surface area contributed by atoms with Crippen molar-refractivity contribution in [1.82, 2.24) is 10.6 Å². The molecule has 3 N–H and O–H groups in total. The van der Waals surface area contributed by atoms with Crippen LogP contribution in [0, 0.1) is 0 Å². The van der Waals surface area contributed by atoms with E-state index in [1.54, 1.807) is 25.2 Å². The Hall–Kier alpha value is -1.76. The number of aliphatic hydroxyl groups is 1. The van der Waals surface area contributed by atoms with Crippen LogP contribution < -0.4 is 10.6 Å². The first-order chi connectivity index (χ1) is 11.8. The molecule has 2 amide bonds. The second-order valence-corrected chi connectivity index (χ2v) is 6.62. The summed E-state index contributed by atoms with van der Waals surface area (Å²) in [7, 11) is 0. The van der Waals surface area contributed by atoms with Gasteiger partial charge in [0, 0.05) is 26.8 Å². The van der Waals surface area contributed by atoms with Crippen LogP contribution in [0.5, 0.6) is 0 Å². The number of allylic oxidation sites excluding steroid dienone is 3. The third-order valence-electron chi connectivity index (χ3n) is 2.75. The molecule has 7 heteroatoms. The number of aliphatic hydroxyl groups excluding tert-OH is 1. The van der Waals surface area contributed by atoms with E-state index in [2.05, 4.69) is 10.6 Å². The van der Waals surface area contributed by atoms with Gasteiger partial charge in [0.1, 0.15) is 5.76 Å². The Morgan fingerprint density at radius 2 is 1.76 bits per heavy atom. The fraction of sp³-hybridized carbons (Fsp3) is 0.611. The Bertz CT molecular complexity index is 448. The lowest BCUT2D eigenvalue weighted by Gasteiger charge is -2.05. The van der Waals surface area contributed by atoms with E-state index in [1.807, 2.05) is 13.8 Å². The van der Waals surface area contributed by atoms with Crippen molar-refractivity contribution < 1.29 is 19.5 Å². The topological polar surface area (TPSA) is 95.5 Å². The van der Waals surface area contributed by atoms with E-state index in [9.17, 15) is 19.5 Å². The van der Waals surface area contributed by atoms with Crippen LogP contribution >= 0.6 is 11.8 Å². The molecule has 0 radical (unpaired) electrons. The standard InChI is InChI=1S/C14H24N2O3.C4H8OS/c1-3-4-8-13(18)11-16-14(19)9-6-5-7-10-15-12(2)17;1-3-6-4(2)5/h3-4,8,18H,5-7,9-11H2,1-2H3,(H,15,17)(H,16,19);3H2,1-2H3/b4-3+,13-8-;. The van der Waals surface area contributed by atoms with Gasteiger partial charge in [0.15, 0.2) is 5.12 Å². The summed E-state index contributed by atoms with van der Waals surface area (Å²) in [6.45, 7) is 7.70. The average molecular weight is 373 g/mol. The van der Waals surface area contributed by atoms with Crippen molar-refractivity contribution in [3.63, 3.8) is 0 Å². The van der Waals surface area contributed by atoms with Gasteiger partial charge in [-0.05, 0) is 31.6 Å². The zero-order chi connectivity index (χ0) is 19.5. The molecule has 0 heterocycles. The van der Waals surface area contributed by atoms with Crippen LogP contribution in [0.2, 0.25) is 0 Å². The largest absolute Gasteiger partial charge is 0.510 e. The van der Waals surface area contributed by atoms with Gasteiger partial charge in [-0.2, -0.15) is 0 Å². The molecule has 6 nitrogen and oxygen atoms in total. The number of hydrogen-bond acceptors (Lipinski definition) is 5. The van der Waals surface area contributed by atoms with Crippen molar-refractivity contribution in [2.45, 2.75) is 53.4 Å². The third-order valence-corrected chi connectivity index (χ3v) is 3.45. The van der Waals surface area contributed by atoms with E-state index < -0.39 is 0 Å². The molecule has 0 saturated heterocycles. The zero-order valence-electron chi connectivity index (χ0n) is 15.8. The van der Waals surface area contributed by atoms with Crippen molar-refractivity contribution in [2.75, 3.05) is 18.8 Å². The van der Waals surface area contributed by atoms with Crippen LogP contribution in [0.1, 0.15) is 53.4 Å². The Balaban J connectivity index is 0. The second kappa shape index (κ2) is 18.6. The lowest BCUT2D eigenvalue weighted by molar-refractivity contribution is -0.121. The number of thioether (sulfide) groups is 1. The van der Waals surface area contributed by atoms with E-state index in [0.717, 1.165) is 25.0 Å². The predicted octanol–water partition coefficient (Wildman–Crippen LogP) is 3.10. The highest BCUT2D eigenvalue weighted by Crippen LogP contribution is 1.99. The van der Waals surface area contributed by atoms with Crippen LogP contribution in [-0.4, -0.2) is 40.9 Å². The van der Waals surface area contributed by atoms with Crippen LogP contribution in [0.25, 0.3) is 0 Å². The first-order valence-corrected chi connectivity index (χ1v) is 9.47. The van der Waals surface area contributed by atoms with E-state index >= 15 is 0 Å².